The molecule has 0 amide bonds. The fourth-order valence-corrected chi connectivity index (χ4v) is 2.17. The molecule has 2 nitrogen and oxygen atoms in total. The van der Waals surface area contributed by atoms with E-state index < -0.39 is 0 Å². The zero-order valence-electron chi connectivity index (χ0n) is 11.6. The van der Waals surface area contributed by atoms with Gasteiger partial charge in [0.05, 0.1) is 11.6 Å². The van der Waals surface area contributed by atoms with Crippen molar-refractivity contribution in [2.24, 2.45) is 0 Å². The van der Waals surface area contributed by atoms with Crippen LogP contribution >= 0.6 is 0 Å². The fraction of sp³-hybridized carbons (Fsp3) is 0.235. The van der Waals surface area contributed by atoms with E-state index in [2.05, 4.69) is 18.3 Å². The predicted molar refractivity (Wildman–Crippen MR) is 77.5 cm³/mol. The highest BCUT2D eigenvalue weighted by atomic mass is 19.1. The van der Waals surface area contributed by atoms with E-state index in [1.165, 1.54) is 12.1 Å². The topological polar surface area (TPSA) is 35.8 Å². The highest BCUT2D eigenvalue weighted by molar-refractivity contribution is 5.33. The lowest BCUT2D eigenvalue weighted by atomic mass is 10.0. The summed E-state index contributed by atoms with van der Waals surface area (Å²) in [6, 6.07) is 16.5. The van der Waals surface area contributed by atoms with Crippen LogP contribution in [0.2, 0.25) is 0 Å². The number of halogens is 1. The van der Waals surface area contributed by atoms with Crippen LogP contribution < -0.4 is 5.32 Å². The van der Waals surface area contributed by atoms with Gasteiger partial charge in [-0.3, -0.25) is 0 Å². The Morgan fingerprint density at radius 3 is 1.80 bits per heavy atom. The van der Waals surface area contributed by atoms with Gasteiger partial charge in [0.1, 0.15) is 5.82 Å². The second-order valence-corrected chi connectivity index (χ2v) is 4.90. The van der Waals surface area contributed by atoms with Crippen LogP contribution in [0.4, 0.5) is 4.39 Å². The van der Waals surface area contributed by atoms with Crippen molar-refractivity contribution in [3.63, 3.8) is 0 Å². The summed E-state index contributed by atoms with van der Waals surface area (Å²) < 4.78 is 12.9. The minimum Gasteiger partial charge on any atom is -0.304 e. The van der Waals surface area contributed by atoms with Gasteiger partial charge in [0.15, 0.2) is 0 Å². The molecular weight excluding hydrogens is 251 g/mol. The molecule has 0 radical (unpaired) electrons. The van der Waals surface area contributed by atoms with Crippen LogP contribution in [-0.2, 0) is 0 Å². The van der Waals surface area contributed by atoms with Crippen molar-refractivity contribution in [2.45, 2.75) is 25.9 Å². The maximum Gasteiger partial charge on any atom is 0.123 e. The third-order valence-corrected chi connectivity index (χ3v) is 3.41. The second kappa shape index (κ2) is 6.31. The summed E-state index contributed by atoms with van der Waals surface area (Å²) in [5.74, 6) is -0.221. The Morgan fingerprint density at radius 1 is 0.900 bits per heavy atom. The van der Waals surface area contributed by atoms with Crippen LogP contribution in [0.1, 0.15) is 42.6 Å². The molecule has 0 aliphatic carbocycles. The van der Waals surface area contributed by atoms with E-state index in [0.717, 1.165) is 11.1 Å². The van der Waals surface area contributed by atoms with Gasteiger partial charge in [-0.05, 0) is 49.2 Å². The maximum atomic E-state index is 12.9. The molecule has 0 aliphatic rings. The Kier molecular flexibility index (Phi) is 4.49. The number of nitrogens with zero attached hydrogens (tertiary/aromatic N) is 1. The van der Waals surface area contributed by atoms with Crippen molar-refractivity contribution in [1.82, 2.24) is 5.32 Å². The molecule has 0 spiro atoms. The van der Waals surface area contributed by atoms with E-state index >= 15 is 0 Å². The zero-order chi connectivity index (χ0) is 14.5. The molecule has 2 aromatic carbocycles. The number of nitriles is 1. The van der Waals surface area contributed by atoms with Gasteiger partial charge in [0.25, 0.3) is 0 Å². The second-order valence-electron chi connectivity index (χ2n) is 4.90. The number of nitrogens with one attached hydrogen (secondary N) is 1. The van der Waals surface area contributed by atoms with Crippen molar-refractivity contribution in [3.8, 4) is 6.07 Å². The molecule has 0 saturated carbocycles. The standard InChI is InChI=1S/C17H17FN2/c1-12(15-5-3-14(11-19)4-6-15)20-13(2)16-7-9-17(18)10-8-16/h3-10,12-13,20H,1-2H3. The summed E-state index contributed by atoms with van der Waals surface area (Å²) >= 11 is 0. The molecule has 2 rings (SSSR count). The van der Waals surface area contributed by atoms with Crippen LogP contribution in [0.3, 0.4) is 0 Å². The summed E-state index contributed by atoms with van der Waals surface area (Å²) in [6.45, 7) is 4.12. The van der Waals surface area contributed by atoms with E-state index in [0.29, 0.717) is 5.56 Å². The molecule has 0 aliphatic heterocycles. The Labute approximate surface area is 118 Å². The molecule has 0 fully saturated rings. The van der Waals surface area contributed by atoms with Crippen LogP contribution in [0.5, 0.6) is 0 Å². The average Bonchev–Trinajstić information content (AvgIpc) is 2.48. The molecule has 0 heterocycles. The van der Waals surface area contributed by atoms with Crippen molar-refractivity contribution in [1.29, 1.82) is 5.26 Å². The molecule has 20 heavy (non-hydrogen) atoms. The van der Waals surface area contributed by atoms with Crippen LogP contribution in [0, 0.1) is 17.1 Å². The molecule has 2 aromatic rings. The van der Waals surface area contributed by atoms with E-state index in [1.807, 2.05) is 31.2 Å². The molecule has 3 heteroatoms. The SMILES string of the molecule is CC(NC(C)c1ccc(C#N)cc1)c1ccc(F)cc1. The molecule has 0 saturated heterocycles. The summed E-state index contributed by atoms with van der Waals surface area (Å²) in [5, 5.41) is 12.3. The minimum absolute atomic E-state index is 0.126. The van der Waals surface area contributed by atoms with Gasteiger partial charge in [-0.15, -0.1) is 0 Å². The Balaban J connectivity index is 2.04. The molecule has 102 valence electrons. The highest BCUT2D eigenvalue weighted by Crippen LogP contribution is 2.20. The van der Waals surface area contributed by atoms with Crippen LogP contribution in [-0.4, -0.2) is 0 Å². The van der Waals surface area contributed by atoms with Crippen molar-refractivity contribution < 1.29 is 4.39 Å². The van der Waals surface area contributed by atoms with Gasteiger partial charge in [-0.1, -0.05) is 24.3 Å². The molecule has 2 unspecified atom stereocenters. The Hall–Kier alpha value is -2.18. The summed E-state index contributed by atoms with van der Waals surface area (Å²) in [5.41, 5.74) is 2.83. The van der Waals surface area contributed by atoms with E-state index in [4.69, 9.17) is 5.26 Å². The largest absolute Gasteiger partial charge is 0.304 e. The van der Waals surface area contributed by atoms with Crippen LogP contribution in [0.15, 0.2) is 48.5 Å². The maximum absolute atomic E-state index is 12.9. The van der Waals surface area contributed by atoms with Crippen molar-refractivity contribution in [2.75, 3.05) is 0 Å². The number of hydrogen-bond acceptors (Lipinski definition) is 2. The van der Waals surface area contributed by atoms with E-state index in [-0.39, 0.29) is 17.9 Å². The van der Waals surface area contributed by atoms with Gasteiger partial charge < -0.3 is 5.32 Å². The predicted octanol–water partition coefficient (Wildman–Crippen LogP) is 4.11. The zero-order valence-corrected chi connectivity index (χ0v) is 11.6. The smallest absolute Gasteiger partial charge is 0.123 e. The molecule has 0 bridgehead atoms. The molecular formula is C17H17FN2. The number of benzene rings is 2. The summed E-state index contributed by atoms with van der Waals surface area (Å²) in [6.07, 6.45) is 0. The Morgan fingerprint density at radius 2 is 1.35 bits per heavy atom. The van der Waals surface area contributed by atoms with Gasteiger partial charge in [0, 0.05) is 12.1 Å². The fourth-order valence-electron chi connectivity index (χ4n) is 2.17. The van der Waals surface area contributed by atoms with Crippen molar-refractivity contribution >= 4 is 0 Å². The lowest BCUT2D eigenvalue weighted by Crippen LogP contribution is -2.22. The third kappa shape index (κ3) is 3.43. The first-order valence-corrected chi connectivity index (χ1v) is 6.61. The summed E-state index contributed by atoms with van der Waals surface area (Å²) in [4.78, 5) is 0. The van der Waals surface area contributed by atoms with E-state index in [9.17, 15) is 4.39 Å². The average molecular weight is 268 g/mol. The van der Waals surface area contributed by atoms with Gasteiger partial charge in [-0.25, -0.2) is 4.39 Å². The Bertz CT molecular complexity index is 596. The quantitative estimate of drug-likeness (QED) is 0.905. The van der Waals surface area contributed by atoms with Crippen LogP contribution in [0.25, 0.3) is 0 Å². The molecule has 1 N–H and O–H groups in total. The first-order valence-electron chi connectivity index (χ1n) is 6.61. The monoisotopic (exact) mass is 268 g/mol. The van der Waals surface area contributed by atoms with Gasteiger partial charge >= 0.3 is 0 Å². The minimum atomic E-state index is -0.221. The molecule has 2 atom stereocenters. The third-order valence-electron chi connectivity index (χ3n) is 3.41. The first-order chi connectivity index (χ1) is 9.60. The first kappa shape index (κ1) is 14.2. The number of hydrogen-bond donors (Lipinski definition) is 1. The normalized spacial score (nSPS) is 13.5. The molecule has 0 aromatic heterocycles. The van der Waals surface area contributed by atoms with E-state index in [1.54, 1.807) is 12.1 Å². The van der Waals surface area contributed by atoms with Gasteiger partial charge in [-0.2, -0.15) is 5.26 Å². The lowest BCUT2D eigenvalue weighted by Gasteiger charge is -2.21. The van der Waals surface area contributed by atoms with Crippen molar-refractivity contribution in [3.05, 3.63) is 71.0 Å². The highest BCUT2D eigenvalue weighted by Gasteiger charge is 2.11. The summed E-state index contributed by atoms with van der Waals surface area (Å²) in [7, 11) is 0. The van der Waals surface area contributed by atoms with Gasteiger partial charge in [0.2, 0.25) is 0 Å². The number of rotatable bonds is 4. The lowest BCUT2D eigenvalue weighted by molar-refractivity contribution is 0.494.